The maximum absolute atomic E-state index is 5.87. The van der Waals surface area contributed by atoms with Gasteiger partial charge in [0.25, 0.3) is 0 Å². The van der Waals surface area contributed by atoms with Crippen LogP contribution in [0.3, 0.4) is 0 Å². The van der Waals surface area contributed by atoms with Crippen LogP contribution in [0, 0.1) is 13.8 Å². The van der Waals surface area contributed by atoms with Crippen LogP contribution in [0.2, 0.25) is 0 Å². The fourth-order valence-electron chi connectivity index (χ4n) is 2.53. The molecule has 148 valence electrons. The number of hydrogen-bond donors (Lipinski definition) is 2. The predicted octanol–water partition coefficient (Wildman–Crippen LogP) is 4.33. The van der Waals surface area contributed by atoms with Gasteiger partial charge in [-0.3, -0.25) is 0 Å². The van der Waals surface area contributed by atoms with Crippen LogP contribution in [0.5, 0.6) is 0 Å². The van der Waals surface area contributed by atoms with Gasteiger partial charge in [-0.15, -0.1) is 11.3 Å². The maximum Gasteiger partial charge on any atom is 0.191 e. The van der Waals surface area contributed by atoms with Crippen molar-refractivity contribution >= 4 is 17.3 Å². The molecule has 0 spiro atoms. The third kappa shape index (κ3) is 7.69. The number of aliphatic imine (C=N–C) groups is 1. The van der Waals surface area contributed by atoms with Gasteiger partial charge in [-0.05, 0) is 52.7 Å². The number of thiazole rings is 1. The monoisotopic (exact) mass is 388 g/mol. The fraction of sp³-hybridized carbons (Fsp3) is 0.524. The van der Waals surface area contributed by atoms with E-state index in [2.05, 4.69) is 74.5 Å². The Kier molecular flexibility index (Phi) is 7.80. The molecule has 0 saturated carbocycles. The second-order valence-electron chi connectivity index (χ2n) is 7.51. The first kappa shape index (κ1) is 21.4. The maximum atomic E-state index is 5.87. The van der Waals surface area contributed by atoms with Crippen molar-refractivity contribution in [1.82, 2.24) is 15.6 Å². The Morgan fingerprint density at radius 3 is 2.56 bits per heavy atom. The van der Waals surface area contributed by atoms with Gasteiger partial charge in [-0.1, -0.05) is 24.3 Å². The summed E-state index contributed by atoms with van der Waals surface area (Å²) >= 11 is 1.73. The normalized spacial score (nSPS) is 12.3. The number of guanidine groups is 1. The molecule has 6 heteroatoms. The van der Waals surface area contributed by atoms with E-state index in [1.54, 1.807) is 11.3 Å². The lowest BCUT2D eigenvalue weighted by Crippen LogP contribution is -2.36. The summed E-state index contributed by atoms with van der Waals surface area (Å²) in [5.41, 5.74) is 3.30. The summed E-state index contributed by atoms with van der Waals surface area (Å²) in [6.07, 6.45) is 0. The highest BCUT2D eigenvalue weighted by Crippen LogP contribution is 2.16. The van der Waals surface area contributed by atoms with Gasteiger partial charge in [0.15, 0.2) is 5.96 Å². The van der Waals surface area contributed by atoms with E-state index in [0.29, 0.717) is 13.2 Å². The van der Waals surface area contributed by atoms with Crippen LogP contribution < -0.4 is 10.6 Å². The molecule has 1 aromatic heterocycles. The van der Waals surface area contributed by atoms with Gasteiger partial charge in [-0.2, -0.15) is 0 Å². The summed E-state index contributed by atoms with van der Waals surface area (Å²) in [6.45, 7) is 15.2. The Morgan fingerprint density at radius 1 is 1.19 bits per heavy atom. The zero-order valence-corrected chi connectivity index (χ0v) is 18.2. The van der Waals surface area contributed by atoms with E-state index >= 15 is 0 Å². The Labute approximate surface area is 167 Å². The van der Waals surface area contributed by atoms with E-state index in [1.807, 2.05) is 6.92 Å². The van der Waals surface area contributed by atoms with Gasteiger partial charge in [0.1, 0.15) is 0 Å². The van der Waals surface area contributed by atoms with E-state index in [4.69, 9.17) is 9.73 Å². The van der Waals surface area contributed by atoms with E-state index < -0.39 is 0 Å². The number of rotatable bonds is 7. The van der Waals surface area contributed by atoms with E-state index in [1.165, 1.54) is 16.0 Å². The molecule has 2 aromatic rings. The van der Waals surface area contributed by atoms with Crippen LogP contribution in [0.1, 0.15) is 54.4 Å². The van der Waals surface area contributed by atoms with Crippen LogP contribution in [0.15, 0.2) is 29.3 Å². The molecule has 0 aliphatic heterocycles. The Balaban J connectivity index is 1.98. The van der Waals surface area contributed by atoms with Crippen LogP contribution in [0.4, 0.5) is 0 Å². The minimum atomic E-state index is -0.135. The Hall–Kier alpha value is -1.92. The molecule has 2 N–H and O–H groups in total. The number of hydrogen-bond acceptors (Lipinski definition) is 4. The zero-order chi connectivity index (χ0) is 19.9. The van der Waals surface area contributed by atoms with Crippen LogP contribution in [-0.2, 0) is 24.4 Å². The molecular weight excluding hydrogens is 356 g/mol. The summed E-state index contributed by atoms with van der Waals surface area (Å²) in [5, 5.41) is 7.81. The smallest absolute Gasteiger partial charge is 0.191 e. The van der Waals surface area contributed by atoms with E-state index in [9.17, 15) is 0 Å². The van der Waals surface area contributed by atoms with Crippen LogP contribution >= 0.6 is 11.3 Å². The molecule has 0 aliphatic rings. The van der Waals surface area contributed by atoms with Crippen molar-refractivity contribution < 1.29 is 4.74 Å². The SMILES string of the molecule is CCNC(=NCc1cccc(COC(C)(C)C)c1)NCc1sc(C)nc1C. The molecule has 0 atom stereocenters. The molecule has 1 heterocycles. The van der Waals surface area contributed by atoms with E-state index in [-0.39, 0.29) is 5.60 Å². The second-order valence-corrected chi connectivity index (χ2v) is 8.80. The van der Waals surface area contributed by atoms with Crippen LogP contribution in [-0.4, -0.2) is 23.1 Å². The quantitative estimate of drug-likeness (QED) is 0.547. The highest BCUT2D eigenvalue weighted by molar-refractivity contribution is 7.11. The molecule has 0 radical (unpaired) electrons. The molecule has 1 aromatic carbocycles. The lowest BCUT2D eigenvalue weighted by atomic mass is 10.1. The first-order valence-electron chi connectivity index (χ1n) is 9.43. The minimum absolute atomic E-state index is 0.135. The van der Waals surface area contributed by atoms with Crippen molar-refractivity contribution in [2.45, 2.75) is 66.8 Å². The predicted molar refractivity (Wildman–Crippen MR) is 114 cm³/mol. The van der Waals surface area contributed by atoms with Gasteiger partial charge in [0.05, 0.1) is 36.0 Å². The van der Waals surface area contributed by atoms with Gasteiger partial charge in [-0.25, -0.2) is 9.98 Å². The Bertz CT molecular complexity index is 762. The number of benzene rings is 1. The molecule has 0 bridgehead atoms. The Morgan fingerprint density at radius 2 is 1.93 bits per heavy atom. The number of ether oxygens (including phenoxy) is 1. The molecule has 0 aliphatic carbocycles. The zero-order valence-electron chi connectivity index (χ0n) is 17.3. The van der Waals surface area contributed by atoms with Crippen molar-refractivity contribution in [2.75, 3.05) is 6.54 Å². The van der Waals surface area contributed by atoms with Gasteiger partial charge in [0, 0.05) is 11.4 Å². The molecule has 2 rings (SSSR count). The largest absolute Gasteiger partial charge is 0.371 e. The summed E-state index contributed by atoms with van der Waals surface area (Å²) < 4.78 is 5.87. The first-order valence-corrected chi connectivity index (χ1v) is 10.3. The van der Waals surface area contributed by atoms with Crippen molar-refractivity contribution in [2.24, 2.45) is 4.99 Å². The topological polar surface area (TPSA) is 58.5 Å². The molecular formula is C21H32N4OS. The van der Waals surface area contributed by atoms with Crippen molar-refractivity contribution in [3.63, 3.8) is 0 Å². The minimum Gasteiger partial charge on any atom is -0.371 e. The van der Waals surface area contributed by atoms with E-state index in [0.717, 1.165) is 29.8 Å². The first-order chi connectivity index (χ1) is 12.8. The average molecular weight is 389 g/mol. The third-order valence-corrected chi connectivity index (χ3v) is 4.92. The van der Waals surface area contributed by atoms with Gasteiger partial charge in [0.2, 0.25) is 0 Å². The molecule has 27 heavy (non-hydrogen) atoms. The number of aromatic nitrogens is 1. The summed E-state index contributed by atoms with van der Waals surface area (Å²) in [6, 6.07) is 8.42. The molecule has 0 fully saturated rings. The van der Waals surface area contributed by atoms with Crippen molar-refractivity contribution in [3.8, 4) is 0 Å². The molecule has 0 amide bonds. The molecule has 0 saturated heterocycles. The standard InChI is InChI=1S/C21H32N4OS/c1-7-22-20(24-13-19-15(2)25-16(3)27-19)23-12-17-9-8-10-18(11-17)14-26-21(4,5)6/h8-11H,7,12-14H2,1-6H3,(H2,22,23,24). The second kappa shape index (κ2) is 9.85. The number of nitrogens with zero attached hydrogens (tertiary/aromatic N) is 2. The van der Waals surface area contributed by atoms with Gasteiger partial charge < -0.3 is 15.4 Å². The van der Waals surface area contributed by atoms with Gasteiger partial charge >= 0.3 is 0 Å². The summed E-state index contributed by atoms with van der Waals surface area (Å²) in [4.78, 5) is 10.5. The lowest BCUT2D eigenvalue weighted by Gasteiger charge is -2.19. The third-order valence-electron chi connectivity index (χ3n) is 3.84. The number of aryl methyl sites for hydroxylation is 2. The summed E-state index contributed by atoms with van der Waals surface area (Å²) in [5.74, 6) is 0.819. The lowest BCUT2D eigenvalue weighted by molar-refractivity contribution is -0.0149. The molecule has 5 nitrogen and oxygen atoms in total. The van der Waals surface area contributed by atoms with Crippen molar-refractivity contribution in [3.05, 3.63) is 51.0 Å². The average Bonchev–Trinajstić information content (AvgIpc) is 2.93. The molecule has 0 unspecified atom stereocenters. The van der Waals surface area contributed by atoms with Crippen LogP contribution in [0.25, 0.3) is 0 Å². The van der Waals surface area contributed by atoms with Crippen molar-refractivity contribution in [1.29, 1.82) is 0 Å². The fourth-order valence-corrected chi connectivity index (χ4v) is 3.41. The number of nitrogens with one attached hydrogen (secondary N) is 2. The highest BCUT2D eigenvalue weighted by atomic mass is 32.1. The summed E-state index contributed by atoms with van der Waals surface area (Å²) in [7, 11) is 0. The highest BCUT2D eigenvalue weighted by Gasteiger charge is 2.10.